The number of imide groups is 1. The molecule has 0 aromatic heterocycles. The van der Waals surface area contributed by atoms with E-state index in [4.69, 9.17) is 19.7 Å². The Kier molecular flexibility index (Phi) is 3.99. The van der Waals surface area contributed by atoms with Crippen LogP contribution in [0.25, 0.3) is 0 Å². The van der Waals surface area contributed by atoms with E-state index in [2.05, 4.69) is 0 Å². The minimum atomic E-state index is -1.40. The molecule has 2 amide bonds. The van der Waals surface area contributed by atoms with E-state index in [9.17, 15) is 14.4 Å². The van der Waals surface area contributed by atoms with Crippen LogP contribution < -0.4 is 0 Å². The monoisotopic (exact) mass is 325 g/mol. The fraction of sp³-hybridized carbons (Fsp3) is 0.667. The predicted octanol–water partition coefficient (Wildman–Crippen LogP) is -1.54. The lowest BCUT2D eigenvalue weighted by atomic mass is 9.85. The largest absolute Gasteiger partial charge is 0.463 e. The summed E-state index contributed by atoms with van der Waals surface area (Å²) in [5, 5.41) is 18.2. The molecule has 0 radical (unpaired) electrons. The third kappa shape index (κ3) is 2.37. The molecule has 126 valence electrons. The van der Waals surface area contributed by atoms with Crippen molar-refractivity contribution in [3.63, 3.8) is 0 Å². The van der Waals surface area contributed by atoms with E-state index in [0.717, 1.165) is 4.90 Å². The summed E-state index contributed by atoms with van der Waals surface area (Å²) in [7, 11) is 0. The van der Waals surface area contributed by atoms with E-state index in [1.807, 2.05) is 0 Å². The third-order valence-electron chi connectivity index (χ3n) is 4.74. The molecule has 3 heterocycles. The molecule has 4 atom stereocenters. The fourth-order valence-electron chi connectivity index (χ4n) is 3.17. The first kappa shape index (κ1) is 16.1. The van der Waals surface area contributed by atoms with Gasteiger partial charge in [0.2, 0.25) is 11.8 Å². The summed E-state index contributed by atoms with van der Waals surface area (Å²) >= 11 is 0. The molecule has 8 heteroatoms. The van der Waals surface area contributed by atoms with E-state index in [0.29, 0.717) is 0 Å². The molecular formula is C15H19NO7. The van der Waals surface area contributed by atoms with Gasteiger partial charge in [0.05, 0.1) is 43.8 Å². The molecule has 3 aliphatic rings. The van der Waals surface area contributed by atoms with E-state index in [1.54, 1.807) is 12.2 Å². The molecule has 0 saturated carbocycles. The van der Waals surface area contributed by atoms with Gasteiger partial charge < -0.3 is 19.7 Å². The van der Waals surface area contributed by atoms with Crippen LogP contribution >= 0.6 is 0 Å². The molecule has 0 aliphatic carbocycles. The molecule has 8 nitrogen and oxygen atoms in total. The minimum Gasteiger partial charge on any atom is -0.463 e. The number of nitrogens with zero attached hydrogens (tertiary/aromatic N) is 1. The lowest BCUT2D eigenvalue weighted by molar-refractivity contribution is -0.162. The number of aliphatic hydroxyl groups excluding tert-OH is 2. The van der Waals surface area contributed by atoms with Gasteiger partial charge in [-0.1, -0.05) is 12.2 Å². The number of amides is 2. The molecule has 3 aliphatic heterocycles. The highest BCUT2D eigenvalue weighted by Gasteiger charge is 2.60. The van der Waals surface area contributed by atoms with Crippen molar-refractivity contribution >= 4 is 17.8 Å². The van der Waals surface area contributed by atoms with Gasteiger partial charge in [0, 0.05) is 0 Å². The first-order valence-corrected chi connectivity index (χ1v) is 7.51. The Labute approximate surface area is 132 Å². The Bertz CT molecular complexity index is 538. The number of carbonyl (C=O) groups is 3. The van der Waals surface area contributed by atoms with E-state index < -0.39 is 36.4 Å². The van der Waals surface area contributed by atoms with Crippen molar-refractivity contribution in [1.29, 1.82) is 0 Å². The summed E-state index contributed by atoms with van der Waals surface area (Å²) in [6.07, 6.45) is 2.91. The van der Waals surface area contributed by atoms with E-state index in [1.165, 1.54) is 6.92 Å². The standard InChI is InChI=1S/C15H19NO7/c1-15(6-17,7-18)14(21)22-5-4-16-12(19)10-8-2-3-9(23-8)11(10)13(16)20/h2-3,8-11,17-18H,4-7H2,1H3/t8?,9?,10-,11+. The van der Waals surface area contributed by atoms with Gasteiger partial charge in [0.15, 0.2) is 0 Å². The maximum atomic E-state index is 12.3. The number of aliphatic hydroxyl groups is 2. The molecule has 2 saturated heterocycles. The summed E-state index contributed by atoms with van der Waals surface area (Å²) in [4.78, 5) is 37.6. The quantitative estimate of drug-likeness (QED) is 0.345. The van der Waals surface area contributed by atoms with Gasteiger partial charge >= 0.3 is 5.97 Å². The first-order chi connectivity index (χ1) is 10.9. The second-order valence-electron chi connectivity index (χ2n) is 6.34. The van der Waals surface area contributed by atoms with Crippen molar-refractivity contribution in [1.82, 2.24) is 4.90 Å². The zero-order valence-corrected chi connectivity index (χ0v) is 12.7. The third-order valence-corrected chi connectivity index (χ3v) is 4.74. The highest BCUT2D eigenvalue weighted by molar-refractivity contribution is 6.06. The summed E-state index contributed by atoms with van der Waals surface area (Å²) < 4.78 is 10.5. The zero-order chi connectivity index (χ0) is 16.8. The smallest absolute Gasteiger partial charge is 0.316 e. The molecule has 2 bridgehead atoms. The molecule has 2 fully saturated rings. The fourth-order valence-corrected chi connectivity index (χ4v) is 3.17. The lowest BCUT2D eigenvalue weighted by Gasteiger charge is -2.23. The van der Waals surface area contributed by atoms with Crippen LogP contribution in [-0.2, 0) is 23.9 Å². The molecule has 0 aromatic rings. The number of esters is 1. The number of carbonyl (C=O) groups excluding carboxylic acids is 3. The van der Waals surface area contributed by atoms with E-state index >= 15 is 0 Å². The molecule has 2 N–H and O–H groups in total. The predicted molar refractivity (Wildman–Crippen MR) is 74.7 cm³/mol. The maximum Gasteiger partial charge on any atom is 0.316 e. The Morgan fingerprint density at radius 3 is 2.22 bits per heavy atom. The maximum absolute atomic E-state index is 12.3. The summed E-state index contributed by atoms with van der Waals surface area (Å²) in [5.41, 5.74) is -1.40. The lowest BCUT2D eigenvalue weighted by Crippen LogP contribution is -2.40. The van der Waals surface area contributed by atoms with Crippen LogP contribution in [0, 0.1) is 17.3 Å². The Balaban J connectivity index is 1.57. The normalized spacial score (nSPS) is 31.9. The van der Waals surface area contributed by atoms with Crippen LogP contribution in [0.1, 0.15) is 6.92 Å². The molecule has 0 spiro atoms. The number of rotatable bonds is 6. The molecule has 2 unspecified atom stereocenters. The minimum absolute atomic E-state index is 0.0389. The molecule has 23 heavy (non-hydrogen) atoms. The van der Waals surface area contributed by atoms with Gasteiger partial charge in [-0.25, -0.2) is 0 Å². The van der Waals surface area contributed by atoms with Crippen LogP contribution in [0.4, 0.5) is 0 Å². The summed E-state index contributed by atoms with van der Waals surface area (Å²) in [6.45, 7) is 0.0468. The first-order valence-electron chi connectivity index (χ1n) is 7.51. The number of fused-ring (bicyclic) bond motifs is 5. The highest BCUT2D eigenvalue weighted by atomic mass is 16.5. The van der Waals surface area contributed by atoms with Crippen molar-refractivity contribution in [3.05, 3.63) is 12.2 Å². The highest BCUT2D eigenvalue weighted by Crippen LogP contribution is 2.44. The molecular weight excluding hydrogens is 306 g/mol. The van der Waals surface area contributed by atoms with Crippen LogP contribution in [-0.4, -0.2) is 71.5 Å². The SMILES string of the molecule is CC(CO)(CO)C(=O)OCCN1C(=O)[C@@H]2C3C=CC(O3)[C@@H]2C1=O. The van der Waals surface area contributed by atoms with Gasteiger partial charge in [-0.3, -0.25) is 19.3 Å². The molecule has 3 rings (SSSR count). The van der Waals surface area contributed by atoms with Crippen LogP contribution in [0.2, 0.25) is 0 Å². The summed E-state index contributed by atoms with van der Waals surface area (Å²) in [5.74, 6) is -2.34. The van der Waals surface area contributed by atoms with Crippen molar-refractivity contribution in [2.75, 3.05) is 26.4 Å². The van der Waals surface area contributed by atoms with E-state index in [-0.39, 0.29) is 37.2 Å². The number of hydrogen-bond acceptors (Lipinski definition) is 7. The van der Waals surface area contributed by atoms with Crippen LogP contribution in [0.3, 0.4) is 0 Å². The van der Waals surface area contributed by atoms with Gasteiger partial charge in [-0.2, -0.15) is 0 Å². The molecule has 0 aromatic carbocycles. The number of likely N-dealkylation sites (tertiary alicyclic amines) is 1. The van der Waals surface area contributed by atoms with Crippen molar-refractivity contribution < 1.29 is 34.1 Å². The van der Waals surface area contributed by atoms with Crippen molar-refractivity contribution in [2.24, 2.45) is 17.3 Å². The van der Waals surface area contributed by atoms with Gasteiger partial charge in [-0.05, 0) is 6.92 Å². The second kappa shape index (κ2) is 5.70. The number of ether oxygens (including phenoxy) is 2. The second-order valence-corrected chi connectivity index (χ2v) is 6.34. The van der Waals surface area contributed by atoms with Crippen molar-refractivity contribution in [2.45, 2.75) is 19.1 Å². The number of hydrogen-bond donors (Lipinski definition) is 2. The Morgan fingerprint density at radius 2 is 1.74 bits per heavy atom. The van der Waals surface area contributed by atoms with Crippen LogP contribution in [0.5, 0.6) is 0 Å². The van der Waals surface area contributed by atoms with Gasteiger partial charge in [0.25, 0.3) is 0 Å². The summed E-state index contributed by atoms with van der Waals surface area (Å²) in [6, 6.07) is 0. The Hall–Kier alpha value is -1.77. The van der Waals surface area contributed by atoms with Gasteiger partial charge in [-0.15, -0.1) is 0 Å². The topological polar surface area (TPSA) is 113 Å². The van der Waals surface area contributed by atoms with Gasteiger partial charge in [0.1, 0.15) is 12.0 Å². The average molecular weight is 325 g/mol. The Morgan fingerprint density at radius 1 is 1.22 bits per heavy atom. The van der Waals surface area contributed by atoms with Crippen LogP contribution in [0.15, 0.2) is 12.2 Å². The van der Waals surface area contributed by atoms with Crippen molar-refractivity contribution in [3.8, 4) is 0 Å². The zero-order valence-electron chi connectivity index (χ0n) is 12.7. The average Bonchev–Trinajstić information content (AvgIpc) is 3.23.